The lowest BCUT2D eigenvalue weighted by Gasteiger charge is -2.21. The molecule has 0 saturated carbocycles. The van der Waals surface area contributed by atoms with Crippen LogP contribution < -0.4 is 4.90 Å². The number of hydrogen-bond acceptors (Lipinski definition) is 5. The molecule has 1 amide bonds. The lowest BCUT2D eigenvalue weighted by Crippen LogP contribution is -2.41. The number of aliphatic carboxylic acids is 1. The van der Waals surface area contributed by atoms with Gasteiger partial charge in [0.15, 0.2) is 0 Å². The molecule has 1 aliphatic heterocycles. The zero-order chi connectivity index (χ0) is 14.0. The summed E-state index contributed by atoms with van der Waals surface area (Å²) in [5.74, 6) is 0.301. The second kappa shape index (κ2) is 5.48. The number of nitrogens with zero attached hydrogens (tertiary/aromatic N) is 3. The smallest absolute Gasteiger partial charge is 0.327 e. The largest absolute Gasteiger partial charge is 0.480 e. The number of carboxylic acids is 1. The molecule has 19 heavy (non-hydrogen) atoms. The van der Waals surface area contributed by atoms with Gasteiger partial charge in [0.2, 0.25) is 0 Å². The van der Waals surface area contributed by atoms with Crippen LogP contribution in [0.4, 0.5) is 5.82 Å². The predicted octanol–water partition coefficient (Wildman–Crippen LogP) is 0.747. The SMILES string of the molecule is CN(C)c1cc(C(=O)N2CSC[C@H]2C(=O)O)ccn1. The minimum atomic E-state index is -0.958. The van der Waals surface area contributed by atoms with Crippen molar-refractivity contribution in [1.82, 2.24) is 9.88 Å². The first-order chi connectivity index (χ1) is 9.00. The fraction of sp³-hybridized carbons (Fsp3) is 0.417. The Morgan fingerprint density at radius 1 is 1.53 bits per heavy atom. The van der Waals surface area contributed by atoms with E-state index in [0.717, 1.165) is 0 Å². The van der Waals surface area contributed by atoms with Crippen molar-refractivity contribution in [1.29, 1.82) is 0 Å². The zero-order valence-electron chi connectivity index (χ0n) is 10.7. The van der Waals surface area contributed by atoms with Crippen molar-refractivity contribution < 1.29 is 14.7 Å². The van der Waals surface area contributed by atoms with Crippen LogP contribution in [0.5, 0.6) is 0 Å². The van der Waals surface area contributed by atoms with Gasteiger partial charge in [0, 0.05) is 31.6 Å². The van der Waals surface area contributed by atoms with Gasteiger partial charge in [-0.2, -0.15) is 0 Å². The average molecular weight is 281 g/mol. The van der Waals surface area contributed by atoms with Gasteiger partial charge >= 0.3 is 5.97 Å². The molecule has 1 aliphatic rings. The molecule has 0 unspecified atom stereocenters. The summed E-state index contributed by atoms with van der Waals surface area (Å²) in [5.41, 5.74) is 0.465. The van der Waals surface area contributed by atoms with Crippen molar-refractivity contribution in [3.8, 4) is 0 Å². The third-order valence-electron chi connectivity index (χ3n) is 2.88. The van der Waals surface area contributed by atoms with Crippen LogP contribution in [0.25, 0.3) is 0 Å². The van der Waals surface area contributed by atoms with E-state index >= 15 is 0 Å². The zero-order valence-corrected chi connectivity index (χ0v) is 11.6. The lowest BCUT2D eigenvalue weighted by molar-refractivity contribution is -0.140. The van der Waals surface area contributed by atoms with E-state index in [4.69, 9.17) is 5.11 Å². The molecule has 0 spiro atoms. The summed E-state index contributed by atoms with van der Waals surface area (Å²) >= 11 is 1.45. The van der Waals surface area contributed by atoms with Crippen LogP contribution >= 0.6 is 11.8 Å². The fourth-order valence-corrected chi connectivity index (χ4v) is 2.95. The van der Waals surface area contributed by atoms with Crippen LogP contribution in [0.1, 0.15) is 10.4 Å². The molecule has 0 aromatic carbocycles. The topological polar surface area (TPSA) is 73.7 Å². The van der Waals surface area contributed by atoms with E-state index in [1.807, 2.05) is 14.1 Å². The number of hydrogen-bond donors (Lipinski definition) is 1. The van der Waals surface area contributed by atoms with E-state index < -0.39 is 12.0 Å². The van der Waals surface area contributed by atoms with Gasteiger partial charge in [0.1, 0.15) is 11.9 Å². The summed E-state index contributed by atoms with van der Waals surface area (Å²) in [6.07, 6.45) is 1.56. The highest BCUT2D eigenvalue weighted by Crippen LogP contribution is 2.24. The standard InChI is InChI=1S/C12H15N3O3S/c1-14(2)10-5-8(3-4-13-10)11(16)15-7-19-6-9(15)12(17)18/h3-5,9H,6-7H2,1-2H3,(H,17,18)/t9-/m0/s1. The van der Waals surface area contributed by atoms with Crippen LogP contribution in [0.3, 0.4) is 0 Å². The fourth-order valence-electron chi connectivity index (χ4n) is 1.81. The predicted molar refractivity (Wildman–Crippen MR) is 73.5 cm³/mol. The maximum Gasteiger partial charge on any atom is 0.327 e. The molecule has 2 rings (SSSR count). The molecule has 0 radical (unpaired) electrons. The molecule has 1 atom stereocenters. The molecule has 6 nitrogen and oxygen atoms in total. The van der Waals surface area contributed by atoms with Crippen molar-refractivity contribution >= 4 is 29.5 Å². The summed E-state index contributed by atoms with van der Waals surface area (Å²) in [4.78, 5) is 30.8. The Hall–Kier alpha value is -1.76. The molecular weight excluding hydrogens is 266 g/mol. The minimum Gasteiger partial charge on any atom is -0.480 e. The van der Waals surface area contributed by atoms with Gasteiger partial charge in [-0.3, -0.25) is 4.79 Å². The molecule has 1 fully saturated rings. The molecule has 0 bridgehead atoms. The number of carbonyl (C=O) groups excluding carboxylic acids is 1. The van der Waals surface area contributed by atoms with Gasteiger partial charge in [-0.25, -0.2) is 9.78 Å². The summed E-state index contributed by atoms with van der Waals surface area (Å²) in [6, 6.07) is 2.54. The Balaban J connectivity index is 2.24. The van der Waals surface area contributed by atoms with E-state index in [1.54, 1.807) is 23.2 Å². The van der Waals surface area contributed by atoms with E-state index in [0.29, 0.717) is 23.0 Å². The number of carboxylic acid groups (broad SMARTS) is 1. The molecule has 2 heterocycles. The minimum absolute atomic E-state index is 0.261. The number of thioether (sulfide) groups is 1. The van der Waals surface area contributed by atoms with Gasteiger partial charge in [-0.05, 0) is 12.1 Å². The van der Waals surface area contributed by atoms with Crippen LogP contribution in [0.15, 0.2) is 18.3 Å². The lowest BCUT2D eigenvalue weighted by atomic mass is 10.2. The molecule has 1 N–H and O–H groups in total. The summed E-state index contributed by atoms with van der Waals surface area (Å²) in [7, 11) is 3.67. The molecular formula is C12H15N3O3S. The van der Waals surface area contributed by atoms with E-state index in [2.05, 4.69) is 4.98 Å². The monoisotopic (exact) mass is 281 g/mol. The molecule has 1 aromatic rings. The van der Waals surface area contributed by atoms with Crippen molar-refractivity contribution in [2.45, 2.75) is 6.04 Å². The normalized spacial score (nSPS) is 18.4. The molecule has 0 aliphatic carbocycles. The highest BCUT2D eigenvalue weighted by atomic mass is 32.2. The van der Waals surface area contributed by atoms with Gasteiger partial charge < -0.3 is 14.9 Å². The van der Waals surface area contributed by atoms with E-state index in [1.165, 1.54) is 16.7 Å². The number of rotatable bonds is 3. The van der Waals surface area contributed by atoms with Crippen molar-refractivity contribution in [2.75, 3.05) is 30.6 Å². The van der Waals surface area contributed by atoms with Crippen LogP contribution in [0.2, 0.25) is 0 Å². The highest BCUT2D eigenvalue weighted by Gasteiger charge is 2.35. The third-order valence-corrected chi connectivity index (χ3v) is 3.89. The Morgan fingerprint density at radius 2 is 2.26 bits per heavy atom. The molecule has 1 saturated heterocycles. The number of pyridine rings is 1. The highest BCUT2D eigenvalue weighted by molar-refractivity contribution is 7.99. The van der Waals surface area contributed by atoms with Crippen LogP contribution in [-0.4, -0.2) is 58.6 Å². The Kier molecular flexibility index (Phi) is 3.94. The van der Waals surface area contributed by atoms with Gasteiger partial charge in [0.25, 0.3) is 5.91 Å². The van der Waals surface area contributed by atoms with Crippen LogP contribution in [0, 0.1) is 0 Å². The van der Waals surface area contributed by atoms with E-state index in [9.17, 15) is 9.59 Å². The Bertz CT molecular complexity index is 507. The number of carbonyl (C=O) groups is 2. The van der Waals surface area contributed by atoms with Crippen molar-refractivity contribution in [3.05, 3.63) is 23.9 Å². The van der Waals surface area contributed by atoms with Gasteiger partial charge in [-0.1, -0.05) is 0 Å². The summed E-state index contributed by atoms with van der Waals surface area (Å²) in [5, 5.41) is 9.09. The average Bonchev–Trinajstić information content (AvgIpc) is 2.87. The first kappa shape index (κ1) is 13.7. The Morgan fingerprint density at radius 3 is 2.89 bits per heavy atom. The maximum absolute atomic E-state index is 12.3. The third kappa shape index (κ3) is 2.81. The second-order valence-corrected chi connectivity index (χ2v) is 5.43. The maximum atomic E-state index is 12.3. The van der Waals surface area contributed by atoms with Crippen LogP contribution in [-0.2, 0) is 4.79 Å². The first-order valence-corrected chi connectivity index (χ1v) is 6.91. The number of anilines is 1. The van der Waals surface area contributed by atoms with Gasteiger partial charge in [-0.15, -0.1) is 11.8 Å². The number of aromatic nitrogens is 1. The summed E-state index contributed by atoms with van der Waals surface area (Å²) < 4.78 is 0. The Labute approximate surface area is 115 Å². The van der Waals surface area contributed by atoms with Crippen molar-refractivity contribution in [3.63, 3.8) is 0 Å². The summed E-state index contributed by atoms with van der Waals surface area (Å²) in [6.45, 7) is 0. The number of amides is 1. The molecule has 102 valence electrons. The first-order valence-electron chi connectivity index (χ1n) is 5.75. The quantitative estimate of drug-likeness (QED) is 0.881. The molecule has 1 aromatic heterocycles. The molecule has 7 heteroatoms. The van der Waals surface area contributed by atoms with Gasteiger partial charge in [0.05, 0.1) is 5.88 Å². The van der Waals surface area contributed by atoms with Crippen molar-refractivity contribution in [2.24, 2.45) is 0 Å². The van der Waals surface area contributed by atoms with E-state index in [-0.39, 0.29) is 5.91 Å². The second-order valence-electron chi connectivity index (χ2n) is 4.43.